The summed E-state index contributed by atoms with van der Waals surface area (Å²) >= 11 is 0. The molecule has 9 nitrogen and oxygen atoms in total. The number of amidine groups is 2. The van der Waals surface area contributed by atoms with E-state index in [0.717, 1.165) is 34.6 Å². The fourth-order valence-corrected chi connectivity index (χ4v) is 5.68. The highest BCUT2D eigenvalue weighted by Gasteiger charge is 2.42. The number of hydrogen-bond donors (Lipinski definition) is 1. The van der Waals surface area contributed by atoms with Crippen LogP contribution in [0.2, 0.25) is 0 Å². The monoisotopic (exact) mass is 609 g/mol. The molecular weight excluding hydrogens is 583 g/mol. The minimum atomic E-state index is -4.51. The molecule has 0 unspecified atom stereocenters. The van der Waals surface area contributed by atoms with Gasteiger partial charge in [-0.3, -0.25) is 0 Å². The lowest BCUT2D eigenvalue weighted by atomic mass is 9.93. The molecule has 45 heavy (non-hydrogen) atoms. The van der Waals surface area contributed by atoms with Crippen molar-refractivity contribution in [3.05, 3.63) is 114 Å². The second kappa shape index (κ2) is 10.8. The standard InChI is InChI=1S/C33H26F3N7O2/c1-19-28-29(20-14-15-25(44-2)26(17-20)45-3)42-24-12-5-4-11-23(24)39-30(38-22-10-8-9-21(18-22)33(34,35)36)32(42)40-31(28)43(41-19)27-13-6-7-16-37-27/h4-18,29H,1-3H3,(H,38,39)/t29-/m0/s1. The number of halogens is 3. The van der Waals surface area contributed by atoms with Crippen molar-refractivity contribution in [2.45, 2.75) is 19.1 Å². The number of nitrogens with zero attached hydrogens (tertiary/aromatic N) is 6. The Morgan fingerprint density at radius 1 is 0.844 bits per heavy atom. The van der Waals surface area contributed by atoms with E-state index in [1.54, 1.807) is 31.2 Å². The van der Waals surface area contributed by atoms with Crippen LogP contribution < -0.4 is 19.7 Å². The van der Waals surface area contributed by atoms with E-state index in [2.05, 4.69) is 10.3 Å². The van der Waals surface area contributed by atoms with Gasteiger partial charge in [-0.05, 0) is 67.1 Å². The van der Waals surface area contributed by atoms with Gasteiger partial charge in [0.15, 0.2) is 34.8 Å². The molecule has 0 amide bonds. The molecule has 2 aliphatic heterocycles. The lowest BCUT2D eigenvalue weighted by Gasteiger charge is -2.40. The van der Waals surface area contributed by atoms with Gasteiger partial charge >= 0.3 is 6.18 Å². The summed E-state index contributed by atoms with van der Waals surface area (Å²) in [5, 5.41) is 7.99. The van der Waals surface area contributed by atoms with E-state index >= 15 is 0 Å². The number of alkyl halides is 3. The van der Waals surface area contributed by atoms with Crippen LogP contribution in [-0.2, 0) is 6.18 Å². The van der Waals surface area contributed by atoms with Crippen molar-refractivity contribution in [1.29, 1.82) is 0 Å². The Kier molecular flexibility index (Phi) is 6.76. The number of aromatic nitrogens is 3. The fourth-order valence-electron chi connectivity index (χ4n) is 5.68. The second-order valence-corrected chi connectivity index (χ2v) is 10.4. The molecule has 7 rings (SSSR count). The number of aliphatic imine (C=N–C) groups is 2. The molecule has 3 aromatic carbocycles. The van der Waals surface area contributed by atoms with E-state index in [4.69, 9.17) is 24.6 Å². The Hall–Kier alpha value is -5.65. The first-order chi connectivity index (χ1) is 21.8. The van der Waals surface area contributed by atoms with Gasteiger partial charge in [0.1, 0.15) is 0 Å². The van der Waals surface area contributed by atoms with Crippen LogP contribution in [0.15, 0.2) is 101 Å². The topological polar surface area (TPSA) is 89.2 Å². The second-order valence-electron chi connectivity index (χ2n) is 10.4. The van der Waals surface area contributed by atoms with Crippen LogP contribution in [0.5, 0.6) is 11.5 Å². The van der Waals surface area contributed by atoms with Crippen LogP contribution in [0.1, 0.15) is 28.4 Å². The van der Waals surface area contributed by atoms with Gasteiger partial charge in [-0.2, -0.15) is 23.0 Å². The van der Waals surface area contributed by atoms with E-state index in [1.165, 1.54) is 6.07 Å². The van der Waals surface area contributed by atoms with Crippen molar-refractivity contribution in [1.82, 2.24) is 14.8 Å². The third-order valence-corrected chi connectivity index (χ3v) is 7.68. The quantitative estimate of drug-likeness (QED) is 0.223. The molecule has 5 aromatic rings. The number of pyridine rings is 1. The molecule has 0 saturated heterocycles. The van der Waals surface area contributed by atoms with E-state index in [1.807, 2.05) is 72.5 Å². The number of hydrogen-bond acceptors (Lipinski definition) is 8. The van der Waals surface area contributed by atoms with Crippen molar-refractivity contribution in [3.8, 4) is 17.3 Å². The zero-order valence-electron chi connectivity index (χ0n) is 24.4. The van der Waals surface area contributed by atoms with Crippen LogP contribution in [0.3, 0.4) is 0 Å². The zero-order chi connectivity index (χ0) is 31.3. The number of rotatable bonds is 5. The molecule has 0 saturated carbocycles. The summed E-state index contributed by atoms with van der Waals surface area (Å²) in [5.41, 5.74) is 3.22. The Bertz CT molecular complexity index is 1990. The number of nitrogens with one attached hydrogen (secondary N) is 1. The molecule has 0 fully saturated rings. The summed E-state index contributed by atoms with van der Waals surface area (Å²) in [6.07, 6.45) is -2.83. The van der Waals surface area contributed by atoms with Crippen molar-refractivity contribution >= 4 is 34.6 Å². The number of para-hydroxylation sites is 2. The fraction of sp³-hybridized carbons (Fsp3) is 0.152. The average Bonchev–Trinajstić information content (AvgIpc) is 3.39. The third kappa shape index (κ3) is 4.84. The van der Waals surface area contributed by atoms with Gasteiger partial charge in [-0.25, -0.2) is 15.0 Å². The van der Waals surface area contributed by atoms with Crippen LogP contribution in [-0.4, -0.2) is 40.7 Å². The third-order valence-electron chi connectivity index (χ3n) is 7.68. The first-order valence-corrected chi connectivity index (χ1v) is 14.0. The predicted octanol–water partition coefficient (Wildman–Crippen LogP) is 7.41. The van der Waals surface area contributed by atoms with Crippen LogP contribution in [0.25, 0.3) is 5.82 Å². The number of methoxy groups -OCH3 is 2. The van der Waals surface area contributed by atoms with Crippen molar-refractivity contribution < 1.29 is 22.6 Å². The number of ether oxygens (including phenoxy) is 2. The van der Waals surface area contributed by atoms with E-state index in [0.29, 0.717) is 34.7 Å². The van der Waals surface area contributed by atoms with E-state index < -0.39 is 17.8 Å². The number of anilines is 2. The Morgan fingerprint density at radius 3 is 2.40 bits per heavy atom. The van der Waals surface area contributed by atoms with Gasteiger partial charge in [0.2, 0.25) is 0 Å². The molecule has 4 heterocycles. The molecular formula is C33H26F3N7O2. The van der Waals surface area contributed by atoms with Crippen molar-refractivity contribution in [3.63, 3.8) is 0 Å². The Balaban J connectivity index is 1.48. The van der Waals surface area contributed by atoms with Crippen molar-refractivity contribution in [2.75, 3.05) is 24.4 Å². The zero-order valence-corrected chi connectivity index (χ0v) is 24.4. The van der Waals surface area contributed by atoms with Gasteiger partial charge in [-0.15, -0.1) is 0 Å². The number of benzene rings is 3. The Labute approximate surface area is 256 Å². The van der Waals surface area contributed by atoms with Crippen LogP contribution >= 0.6 is 0 Å². The maximum Gasteiger partial charge on any atom is 0.416 e. The summed E-state index contributed by atoms with van der Waals surface area (Å²) in [4.78, 5) is 16.5. The molecule has 1 atom stereocenters. The molecule has 0 aliphatic carbocycles. The highest BCUT2D eigenvalue weighted by Crippen LogP contribution is 2.49. The van der Waals surface area contributed by atoms with Crippen LogP contribution in [0.4, 0.5) is 36.1 Å². The molecule has 0 bridgehead atoms. The predicted molar refractivity (Wildman–Crippen MR) is 166 cm³/mol. The lowest BCUT2D eigenvalue weighted by molar-refractivity contribution is -0.137. The number of fused-ring (bicyclic) bond motifs is 4. The summed E-state index contributed by atoms with van der Waals surface area (Å²) in [7, 11) is 3.15. The summed E-state index contributed by atoms with van der Waals surface area (Å²) in [5.74, 6) is 2.86. The molecule has 0 radical (unpaired) electrons. The maximum absolute atomic E-state index is 13.6. The SMILES string of the molecule is COc1ccc([C@H]2c3c(C)nn(-c4ccccn4)c3N=C3C(Nc4cccc(C(F)(F)F)c4)=Nc4ccccc4N32)cc1OC. The van der Waals surface area contributed by atoms with Gasteiger partial charge < -0.3 is 19.7 Å². The first kappa shape index (κ1) is 28.1. The minimum Gasteiger partial charge on any atom is -0.493 e. The maximum atomic E-state index is 13.6. The normalized spacial score (nSPS) is 15.3. The van der Waals surface area contributed by atoms with Crippen molar-refractivity contribution in [2.24, 2.45) is 9.98 Å². The smallest absolute Gasteiger partial charge is 0.416 e. The molecule has 0 spiro atoms. The van der Waals surface area contributed by atoms with Gasteiger partial charge in [-0.1, -0.05) is 30.3 Å². The highest BCUT2D eigenvalue weighted by molar-refractivity contribution is 6.51. The first-order valence-electron chi connectivity index (χ1n) is 14.0. The summed E-state index contributed by atoms with van der Waals surface area (Å²) in [6.45, 7) is 1.91. The summed E-state index contributed by atoms with van der Waals surface area (Å²) < 4.78 is 53.7. The van der Waals surface area contributed by atoms with E-state index in [-0.39, 0.29) is 11.5 Å². The van der Waals surface area contributed by atoms with Gasteiger partial charge in [0.25, 0.3) is 0 Å². The van der Waals surface area contributed by atoms with Gasteiger partial charge in [0.05, 0.1) is 42.9 Å². The Morgan fingerprint density at radius 2 is 1.64 bits per heavy atom. The molecule has 226 valence electrons. The average molecular weight is 610 g/mol. The highest BCUT2D eigenvalue weighted by atomic mass is 19.4. The van der Waals surface area contributed by atoms with Crippen LogP contribution in [0, 0.1) is 6.92 Å². The number of aryl methyl sites for hydroxylation is 1. The lowest BCUT2D eigenvalue weighted by Crippen LogP contribution is -2.46. The minimum absolute atomic E-state index is 0.216. The van der Waals surface area contributed by atoms with E-state index in [9.17, 15) is 13.2 Å². The summed E-state index contributed by atoms with van der Waals surface area (Å²) in [6, 6.07) is 23.3. The molecule has 2 aliphatic rings. The molecule has 12 heteroatoms. The molecule has 1 N–H and O–H groups in total. The van der Waals surface area contributed by atoms with Gasteiger partial charge in [0, 0.05) is 17.4 Å². The largest absolute Gasteiger partial charge is 0.493 e. The molecule has 2 aromatic heterocycles.